The van der Waals surface area contributed by atoms with Crippen LogP contribution in [-0.2, 0) is 0 Å². The molecule has 102 heavy (non-hydrogen) atoms. The molecule has 11 aromatic carbocycles. The minimum atomic E-state index is 0.642. The van der Waals surface area contributed by atoms with Gasteiger partial charge in [-0.1, -0.05) is 215 Å². The van der Waals surface area contributed by atoms with Crippen molar-refractivity contribution in [2.45, 2.75) is 0 Å². The second-order valence-electron chi connectivity index (χ2n) is 24.4. The highest BCUT2D eigenvalue weighted by molar-refractivity contribution is 9.11. The maximum Gasteiger partial charge on any atom is 0.235 e. The molecule has 0 amide bonds. The van der Waals surface area contributed by atoms with E-state index >= 15 is 0 Å². The van der Waals surface area contributed by atoms with Crippen molar-refractivity contribution in [1.82, 2.24) is 48.2 Å². The highest BCUT2D eigenvalue weighted by Gasteiger charge is 2.20. The fraction of sp³-hybridized carbons (Fsp3) is 0. The summed E-state index contributed by atoms with van der Waals surface area (Å²) in [7, 11) is 0. The van der Waals surface area contributed by atoms with E-state index in [9.17, 15) is 0 Å². The quantitative estimate of drug-likeness (QED) is 0.158. The Balaban J connectivity index is 0.000000102. The van der Waals surface area contributed by atoms with Crippen LogP contribution in [0.2, 0.25) is 0 Å². The van der Waals surface area contributed by atoms with Crippen molar-refractivity contribution in [2.24, 2.45) is 0 Å². The molecule has 0 atom stereocenters. The fourth-order valence-corrected chi connectivity index (χ4v) is 15.2. The Morgan fingerprint density at radius 2 is 0.559 bits per heavy atom. The van der Waals surface area contributed by atoms with Gasteiger partial charge in [-0.3, -0.25) is 24.5 Å². The van der Waals surface area contributed by atoms with Gasteiger partial charge < -0.3 is 13.7 Å². The lowest BCUT2D eigenvalue weighted by Crippen LogP contribution is -2.03. The van der Waals surface area contributed by atoms with E-state index in [2.05, 4.69) is 332 Å². The molecule has 9 aromatic heterocycles. The number of benzene rings is 11. The molecule has 0 spiro atoms. The van der Waals surface area contributed by atoms with Crippen LogP contribution in [0.25, 0.3) is 155 Å². The lowest BCUT2D eigenvalue weighted by Gasteiger charge is -2.11. The summed E-state index contributed by atoms with van der Waals surface area (Å²) in [4.78, 5) is 28.4. The molecular formula is C88H56Br4N10. The van der Waals surface area contributed by atoms with E-state index < -0.39 is 0 Å². The van der Waals surface area contributed by atoms with Gasteiger partial charge in [0.25, 0.3) is 0 Å². The average Bonchev–Trinajstić information content (AvgIpc) is 1.58. The second-order valence-corrected chi connectivity index (χ2v) is 28.1. The van der Waals surface area contributed by atoms with Crippen molar-refractivity contribution >= 4 is 162 Å². The predicted octanol–water partition coefficient (Wildman–Crippen LogP) is 24.7. The average molecular weight is 1570 g/mol. The third-order valence-corrected chi connectivity index (χ3v) is 20.2. The highest BCUT2D eigenvalue weighted by atomic mass is 79.9. The zero-order chi connectivity index (χ0) is 68.6. The summed E-state index contributed by atoms with van der Waals surface area (Å²) in [5.41, 5.74) is 24.1. The predicted molar refractivity (Wildman–Crippen MR) is 435 cm³/mol. The summed E-state index contributed by atoms with van der Waals surface area (Å²) in [6, 6.07) is 109. The van der Waals surface area contributed by atoms with Crippen LogP contribution < -0.4 is 0 Å². The summed E-state index contributed by atoms with van der Waals surface area (Å²) in [6.07, 6.45) is 7.38. The van der Waals surface area contributed by atoms with E-state index in [-0.39, 0.29) is 0 Å². The standard InChI is InChI=1S/C25H15BrN4.2C23H15BrN2.C17H11BrN2/c26-17-12-13-21-19(15-17)24-22(11-6-14-27-24)30(21)25-28-20-10-5-4-9-18(20)23(29-25)16-7-2-1-3-8-16;24-18-11-12-21-20(15-18)23-22(10-5-13-25-23)26(21)19-9-4-8-17(14-19)16-6-2-1-3-7-16;24-18-10-13-21-20(15-18)23-22(7-4-14-25-23)26(21)19-11-8-17(9-12-19)16-5-2-1-3-6-16;18-12-8-9-15-14(11-12)17-16(7-4-10-19-17)20(15)13-5-2-1-3-6-13/h1-15H;2*1-15H;1-11H. The van der Waals surface area contributed by atoms with Crippen LogP contribution in [0, 0.1) is 0 Å². The lowest BCUT2D eigenvalue weighted by molar-refractivity contribution is 1.01. The Morgan fingerprint density at radius 1 is 0.216 bits per heavy atom. The zero-order valence-corrected chi connectivity index (χ0v) is 60.7. The minimum Gasteiger partial charge on any atom is -0.308 e. The molecule has 0 bridgehead atoms. The van der Waals surface area contributed by atoms with Gasteiger partial charge in [-0.25, -0.2) is 9.97 Å². The third-order valence-electron chi connectivity index (χ3n) is 18.2. The number of aromatic nitrogens is 10. The third kappa shape index (κ3) is 12.2. The molecular weight excluding hydrogens is 1520 g/mol. The molecule has 0 unspecified atom stereocenters. The van der Waals surface area contributed by atoms with E-state index in [1.54, 1.807) is 0 Å². The van der Waals surface area contributed by atoms with Gasteiger partial charge in [-0.15, -0.1) is 0 Å². The van der Waals surface area contributed by atoms with Gasteiger partial charge in [0.05, 0.1) is 77.4 Å². The van der Waals surface area contributed by atoms with Gasteiger partial charge >= 0.3 is 0 Å². The van der Waals surface area contributed by atoms with Gasteiger partial charge in [0, 0.05) is 92.2 Å². The van der Waals surface area contributed by atoms with Crippen LogP contribution >= 0.6 is 63.7 Å². The Kier molecular flexibility index (Phi) is 17.5. The number of hydrogen-bond donors (Lipinski definition) is 0. The first kappa shape index (κ1) is 63.9. The largest absolute Gasteiger partial charge is 0.308 e. The van der Waals surface area contributed by atoms with Crippen molar-refractivity contribution < 1.29 is 0 Å². The number of para-hydroxylation sites is 2. The van der Waals surface area contributed by atoms with E-state index in [0.29, 0.717) is 5.95 Å². The molecule has 0 saturated heterocycles. The molecule has 10 nitrogen and oxygen atoms in total. The first-order valence-electron chi connectivity index (χ1n) is 33.1. The van der Waals surface area contributed by atoms with Crippen LogP contribution in [0.1, 0.15) is 0 Å². The van der Waals surface area contributed by atoms with Crippen LogP contribution in [-0.4, -0.2) is 48.2 Å². The van der Waals surface area contributed by atoms with Crippen LogP contribution in [0.5, 0.6) is 0 Å². The van der Waals surface area contributed by atoms with Crippen LogP contribution in [0.15, 0.2) is 358 Å². The molecule has 0 aliphatic rings. The summed E-state index contributed by atoms with van der Waals surface area (Å²) in [5, 5.41) is 5.58. The number of hydrogen-bond acceptors (Lipinski definition) is 6. The Hall–Kier alpha value is -11.5. The first-order valence-corrected chi connectivity index (χ1v) is 36.3. The summed E-state index contributed by atoms with van der Waals surface area (Å²) in [6.45, 7) is 0. The Labute approximate surface area is 620 Å². The molecule has 20 aromatic rings. The van der Waals surface area contributed by atoms with Gasteiger partial charge in [-0.05, 0) is 186 Å². The van der Waals surface area contributed by atoms with E-state index in [0.717, 1.165) is 134 Å². The van der Waals surface area contributed by atoms with Crippen molar-refractivity contribution in [2.75, 3.05) is 0 Å². The lowest BCUT2D eigenvalue weighted by atomic mass is 10.1. The molecule has 0 N–H and O–H groups in total. The minimum absolute atomic E-state index is 0.642. The molecule has 20 rings (SSSR count). The molecule has 0 aliphatic carbocycles. The summed E-state index contributed by atoms with van der Waals surface area (Å²) < 4.78 is 13.1. The summed E-state index contributed by atoms with van der Waals surface area (Å²) >= 11 is 14.3. The van der Waals surface area contributed by atoms with Gasteiger partial charge in [0.15, 0.2) is 0 Å². The van der Waals surface area contributed by atoms with Crippen LogP contribution in [0.3, 0.4) is 0 Å². The van der Waals surface area contributed by atoms with Gasteiger partial charge in [0.1, 0.15) is 0 Å². The van der Waals surface area contributed by atoms with Crippen molar-refractivity contribution in [3.8, 4) is 56.5 Å². The van der Waals surface area contributed by atoms with Crippen LogP contribution in [0.4, 0.5) is 0 Å². The smallest absolute Gasteiger partial charge is 0.235 e. The maximum absolute atomic E-state index is 5.05. The number of nitrogens with zero attached hydrogens (tertiary/aromatic N) is 10. The molecule has 9 heterocycles. The van der Waals surface area contributed by atoms with Crippen molar-refractivity contribution in [3.05, 3.63) is 358 Å². The number of pyridine rings is 4. The number of fused-ring (bicyclic) bond motifs is 13. The van der Waals surface area contributed by atoms with E-state index in [4.69, 9.17) is 9.97 Å². The fourth-order valence-electron chi connectivity index (χ4n) is 13.7. The molecule has 0 saturated carbocycles. The monoisotopic (exact) mass is 1570 g/mol. The Morgan fingerprint density at radius 3 is 1.02 bits per heavy atom. The van der Waals surface area contributed by atoms with Crippen molar-refractivity contribution in [3.63, 3.8) is 0 Å². The van der Waals surface area contributed by atoms with E-state index in [1.807, 2.05) is 110 Å². The summed E-state index contributed by atoms with van der Waals surface area (Å²) in [5.74, 6) is 0.642. The normalized spacial score (nSPS) is 11.3. The SMILES string of the molecule is Brc1ccc2c(c1)c1ncccc1n2-c1ccc(-c2ccccc2)cc1.Brc1ccc2c(c1)c1ncccc1n2-c1cccc(-c2ccccc2)c1.Brc1ccc2c(c1)c1ncccc1n2-c1ccccc1.Brc1ccc2c(c1)c1ncccc1n2-c1nc(-c2ccccc2)c2ccccc2n1. The maximum atomic E-state index is 5.05. The van der Waals surface area contributed by atoms with Gasteiger partial charge in [0.2, 0.25) is 5.95 Å². The van der Waals surface area contributed by atoms with Crippen molar-refractivity contribution in [1.29, 1.82) is 0 Å². The van der Waals surface area contributed by atoms with E-state index in [1.165, 1.54) is 33.2 Å². The molecule has 0 radical (unpaired) electrons. The number of halogens is 4. The number of rotatable bonds is 7. The molecule has 14 heteroatoms. The highest BCUT2D eigenvalue weighted by Crippen LogP contribution is 2.39. The van der Waals surface area contributed by atoms with Gasteiger partial charge in [-0.2, -0.15) is 0 Å². The molecule has 0 aliphatic heterocycles. The zero-order valence-electron chi connectivity index (χ0n) is 54.3. The second kappa shape index (κ2) is 27.9. The molecule has 0 fully saturated rings. The topological polar surface area (TPSA) is 97.1 Å². The molecule has 486 valence electrons. The first-order chi connectivity index (χ1) is 50.3. The Bertz CT molecular complexity index is 6500.